The first-order valence-corrected chi connectivity index (χ1v) is 9.44. The van der Waals surface area contributed by atoms with Crippen molar-refractivity contribution >= 4 is 11.5 Å². The van der Waals surface area contributed by atoms with Crippen molar-refractivity contribution in [3.63, 3.8) is 0 Å². The molecule has 0 N–H and O–H groups in total. The summed E-state index contributed by atoms with van der Waals surface area (Å²) in [7, 11) is 0. The molecule has 0 bridgehead atoms. The van der Waals surface area contributed by atoms with Crippen LogP contribution in [0.25, 0.3) is 16.9 Å². The molecule has 8 heteroatoms. The van der Waals surface area contributed by atoms with Crippen LogP contribution in [0.15, 0.2) is 24.8 Å². The van der Waals surface area contributed by atoms with E-state index in [4.69, 9.17) is 14.5 Å². The maximum absolute atomic E-state index is 5.62. The van der Waals surface area contributed by atoms with Crippen LogP contribution in [0.1, 0.15) is 19.5 Å². The van der Waals surface area contributed by atoms with Crippen molar-refractivity contribution in [3.05, 3.63) is 30.5 Å². The Morgan fingerprint density at radius 3 is 2.85 bits per heavy atom. The summed E-state index contributed by atoms with van der Waals surface area (Å²) in [5.74, 6) is 0.910. The molecule has 144 valence electrons. The van der Waals surface area contributed by atoms with Crippen molar-refractivity contribution < 1.29 is 9.47 Å². The molecule has 4 rings (SSSR count). The first kappa shape index (κ1) is 17.9. The van der Waals surface area contributed by atoms with E-state index in [2.05, 4.69) is 25.6 Å². The molecule has 27 heavy (non-hydrogen) atoms. The number of fused-ring (bicyclic) bond motifs is 1. The number of nitrogens with zero attached hydrogens (tertiary/aromatic N) is 6. The average Bonchev–Trinajstić information content (AvgIpc) is 3.25. The monoisotopic (exact) mass is 370 g/mol. The van der Waals surface area contributed by atoms with Crippen LogP contribution in [0.4, 0.5) is 5.82 Å². The number of aryl methyl sites for hydroxylation is 1. The van der Waals surface area contributed by atoms with Crippen molar-refractivity contribution in [2.75, 3.05) is 37.8 Å². The summed E-state index contributed by atoms with van der Waals surface area (Å²) in [6, 6.07) is 0. The molecule has 0 amide bonds. The first-order chi connectivity index (χ1) is 13.1. The molecule has 0 atom stereocenters. The highest BCUT2D eigenvalue weighted by Crippen LogP contribution is 2.28. The fraction of sp³-hybridized carbons (Fsp3) is 0.526. The Bertz CT molecular complexity index is 910. The van der Waals surface area contributed by atoms with Gasteiger partial charge in [0.1, 0.15) is 0 Å². The lowest BCUT2D eigenvalue weighted by Crippen LogP contribution is -2.37. The quantitative estimate of drug-likeness (QED) is 0.662. The predicted octanol–water partition coefficient (Wildman–Crippen LogP) is 2.16. The summed E-state index contributed by atoms with van der Waals surface area (Å²) >= 11 is 0. The molecule has 3 aromatic rings. The lowest BCUT2D eigenvalue weighted by atomic mass is 10.2. The van der Waals surface area contributed by atoms with Gasteiger partial charge in [0.15, 0.2) is 11.5 Å². The van der Waals surface area contributed by atoms with Crippen molar-refractivity contribution in [1.29, 1.82) is 0 Å². The second kappa shape index (κ2) is 7.66. The second-order valence-electron chi connectivity index (χ2n) is 7.00. The summed E-state index contributed by atoms with van der Waals surface area (Å²) in [4.78, 5) is 11.6. The Labute approximate surface area is 158 Å². The summed E-state index contributed by atoms with van der Waals surface area (Å²) in [5, 5.41) is 4.48. The zero-order valence-electron chi connectivity index (χ0n) is 16.1. The van der Waals surface area contributed by atoms with Crippen LogP contribution in [0, 0.1) is 6.92 Å². The molecular weight excluding hydrogens is 344 g/mol. The average molecular weight is 370 g/mol. The smallest absolute Gasteiger partial charge is 0.181 e. The SMILES string of the molecule is Cc1nc2c(N3CCOCC3)nccn2c1-c1cnn(CCOC(C)C)c1. The fourth-order valence-corrected chi connectivity index (χ4v) is 3.41. The Kier molecular flexibility index (Phi) is 5.09. The molecular formula is C19H26N6O2. The Morgan fingerprint density at radius 2 is 2.07 bits per heavy atom. The van der Waals surface area contributed by atoms with Crippen LogP contribution in [-0.4, -0.2) is 63.2 Å². The van der Waals surface area contributed by atoms with E-state index in [0.29, 0.717) is 6.61 Å². The Balaban J connectivity index is 1.64. The summed E-state index contributed by atoms with van der Waals surface area (Å²) in [6.07, 6.45) is 7.97. The van der Waals surface area contributed by atoms with Crippen LogP contribution in [0.3, 0.4) is 0 Å². The predicted molar refractivity (Wildman–Crippen MR) is 103 cm³/mol. The minimum atomic E-state index is 0.229. The summed E-state index contributed by atoms with van der Waals surface area (Å²) in [5.41, 5.74) is 3.94. The van der Waals surface area contributed by atoms with Gasteiger partial charge >= 0.3 is 0 Å². The van der Waals surface area contributed by atoms with E-state index in [1.807, 2.05) is 44.0 Å². The van der Waals surface area contributed by atoms with E-state index in [-0.39, 0.29) is 6.10 Å². The standard InChI is InChI=1S/C19H26N6O2/c1-14(2)27-11-8-24-13-16(12-21-24)17-15(3)22-19-18(20-4-5-25(17)19)23-6-9-26-10-7-23/h4-5,12-14H,6-11H2,1-3H3. The Hall–Kier alpha value is -2.45. The van der Waals surface area contributed by atoms with Crippen molar-refractivity contribution in [1.82, 2.24) is 24.1 Å². The number of hydrogen-bond acceptors (Lipinski definition) is 6. The molecule has 1 aliphatic rings. The topological polar surface area (TPSA) is 69.7 Å². The van der Waals surface area contributed by atoms with E-state index in [1.54, 1.807) is 0 Å². The van der Waals surface area contributed by atoms with Crippen molar-refractivity contribution in [2.45, 2.75) is 33.4 Å². The normalized spacial score (nSPS) is 15.2. The highest BCUT2D eigenvalue weighted by Gasteiger charge is 2.20. The molecule has 0 saturated carbocycles. The number of rotatable bonds is 6. The summed E-state index contributed by atoms with van der Waals surface area (Å²) in [6.45, 7) is 10.6. The van der Waals surface area contributed by atoms with Gasteiger partial charge in [-0.2, -0.15) is 5.10 Å². The summed E-state index contributed by atoms with van der Waals surface area (Å²) < 4.78 is 15.1. The van der Waals surface area contributed by atoms with Gasteiger partial charge in [0.05, 0.1) is 50.1 Å². The molecule has 1 saturated heterocycles. The van der Waals surface area contributed by atoms with Crippen LogP contribution >= 0.6 is 0 Å². The van der Waals surface area contributed by atoms with Gasteiger partial charge in [-0.1, -0.05) is 0 Å². The molecule has 0 unspecified atom stereocenters. The highest BCUT2D eigenvalue weighted by molar-refractivity contribution is 5.73. The van der Waals surface area contributed by atoms with Gasteiger partial charge in [0.25, 0.3) is 0 Å². The van der Waals surface area contributed by atoms with Crippen LogP contribution < -0.4 is 4.90 Å². The maximum atomic E-state index is 5.62. The van der Waals surface area contributed by atoms with Gasteiger partial charge in [0, 0.05) is 37.2 Å². The molecule has 4 heterocycles. The van der Waals surface area contributed by atoms with E-state index < -0.39 is 0 Å². The molecule has 8 nitrogen and oxygen atoms in total. The van der Waals surface area contributed by atoms with Crippen molar-refractivity contribution in [3.8, 4) is 11.3 Å². The van der Waals surface area contributed by atoms with Crippen LogP contribution in [-0.2, 0) is 16.0 Å². The van der Waals surface area contributed by atoms with E-state index >= 15 is 0 Å². The van der Waals surface area contributed by atoms with Gasteiger partial charge in [-0.3, -0.25) is 9.08 Å². The third-order valence-electron chi connectivity index (χ3n) is 4.69. The third-order valence-corrected chi connectivity index (χ3v) is 4.69. The van der Waals surface area contributed by atoms with Gasteiger partial charge in [-0.15, -0.1) is 0 Å². The highest BCUT2D eigenvalue weighted by atomic mass is 16.5. The van der Waals surface area contributed by atoms with E-state index in [0.717, 1.165) is 61.3 Å². The minimum Gasteiger partial charge on any atom is -0.378 e. The van der Waals surface area contributed by atoms with Gasteiger partial charge in [0.2, 0.25) is 0 Å². The number of morpholine rings is 1. The maximum Gasteiger partial charge on any atom is 0.181 e. The lowest BCUT2D eigenvalue weighted by Gasteiger charge is -2.27. The Morgan fingerprint density at radius 1 is 1.26 bits per heavy atom. The minimum absolute atomic E-state index is 0.229. The zero-order valence-corrected chi connectivity index (χ0v) is 16.1. The molecule has 0 aromatic carbocycles. The molecule has 3 aromatic heterocycles. The largest absolute Gasteiger partial charge is 0.378 e. The number of hydrogen-bond donors (Lipinski definition) is 0. The van der Waals surface area contributed by atoms with E-state index in [1.165, 1.54) is 0 Å². The zero-order chi connectivity index (χ0) is 18.8. The molecule has 0 aliphatic carbocycles. The fourth-order valence-electron chi connectivity index (χ4n) is 3.41. The van der Waals surface area contributed by atoms with Gasteiger partial charge in [-0.25, -0.2) is 9.97 Å². The van der Waals surface area contributed by atoms with Crippen LogP contribution in [0.5, 0.6) is 0 Å². The number of ether oxygens (including phenoxy) is 2. The van der Waals surface area contributed by atoms with Gasteiger partial charge < -0.3 is 14.4 Å². The van der Waals surface area contributed by atoms with Gasteiger partial charge in [-0.05, 0) is 20.8 Å². The number of anilines is 1. The molecule has 1 fully saturated rings. The second-order valence-corrected chi connectivity index (χ2v) is 7.00. The number of imidazole rings is 1. The van der Waals surface area contributed by atoms with E-state index in [9.17, 15) is 0 Å². The van der Waals surface area contributed by atoms with Crippen molar-refractivity contribution in [2.24, 2.45) is 0 Å². The molecule has 1 aliphatic heterocycles. The number of aromatic nitrogens is 5. The third kappa shape index (κ3) is 3.68. The first-order valence-electron chi connectivity index (χ1n) is 9.44. The molecule has 0 radical (unpaired) electrons. The molecule has 0 spiro atoms. The van der Waals surface area contributed by atoms with Crippen LogP contribution in [0.2, 0.25) is 0 Å². The lowest BCUT2D eigenvalue weighted by molar-refractivity contribution is 0.0710.